The molecular weight excluding hydrogens is 368 g/mol. The molecule has 150 valence electrons. The summed E-state index contributed by atoms with van der Waals surface area (Å²) in [6, 6.07) is 11.2. The van der Waals surface area contributed by atoms with Gasteiger partial charge in [0.2, 0.25) is 5.91 Å². The third kappa shape index (κ3) is 4.18. The minimum atomic E-state index is -0.255. The van der Waals surface area contributed by atoms with Gasteiger partial charge in [-0.15, -0.1) is 0 Å². The lowest BCUT2D eigenvalue weighted by Crippen LogP contribution is -2.30. The molecule has 2 aromatic carbocycles. The van der Waals surface area contributed by atoms with Gasteiger partial charge in [-0.05, 0) is 61.2 Å². The van der Waals surface area contributed by atoms with Gasteiger partial charge in [-0.25, -0.2) is 4.79 Å². The number of anilines is 2. The van der Waals surface area contributed by atoms with E-state index in [0.717, 1.165) is 33.5 Å². The molecule has 29 heavy (non-hydrogen) atoms. The largest absolute Gasteiger partial charge is 0.493 e. The average molecular weight is 392 g/mol. The highest BCUT2D eigenvalue weighted by atomic mass is 16.5. The fourth-order valence-corrected chi connectivity index (χ4v) is 3.64. The number of rotatable bonds is 6. The Morgan fingerprint density at radius 2 is 2.10 bits per heavy atom. The number of ether oxygens (including phenoxy) is 1. The van der Waals surface area contributed by atoms with Crippen LogP contribution in [-0.2, 0) is 17.6 Å². The number of aromatic nitrogens is 1. The Balaban J connectivity index is 1.35. The summed E-state index contributed by atoms with van der Waals surface area (Å²) in [7, 11) is 0. The number of aryl methyl sites for hydroxylation is 1. The first-order valence-corrected chi connectivity index (χ1v) is 9.83. The van der Waals surface area contributed by atoms with Gasteiger partial charge in [0.05, 0.1) is 6.61 Å². The molecular formula is C22H24N4O3. The number of urea groups is 1. The van der Waals surface area contributed by atoms with Crippen molar-refractivity contribution in [2.45, 2.75) is 26.2 Å². The quantitative estimate of drug-likeness (QED) is 0.514. The maximum Gasteiger partial charge on any atom is 0.319 e. The Kier molecular flexibility index (Phi) is 5.37. The molecule has 3 amide bonds. The number of H-pyrrole nitrogens is 1. The van der Waals surface area contributed by atoms with Gasteiger partial charge in [0.25, 0.3) is 0 Å². The van der Waals surface area contributed by atoms with Crippen LogP contribution in [0.4, 0.5) is 16.2 Å². The van der Waals surface area contributed by atoms with Gasteiger partial charge in [0.15, 0.2) is 0 Å². The van der Waals surface area contributed by atoms with Crippen LogP contribution < -0.4 is 20.7 Å². The summed E-state index contributed by atoms with van der Waals surface area (Å²) in [4.78, 5) is 27.0. The normalized spacial score (nSPS) is 12.9. The molecule has 1 aromatic heterocycles. The van der Waals surface area contributed by atoms with Crippen molar-refractivity contribution in [3.63, 3.8) is 0 Å². The lowest BCUT2D eigenvalue weighted by molar-refractivity contribution is -0.116. The highest BCUT2D eigenvalue weighted by Gasteiger charge is 2.15. The van der Waals surface area contributed by atoms with Gasteiger partial charge in [-0.2, -0.15) is 0 Å². The van der Waals surface area contributed by atoms with Crippen LogP contribution in [0.5, 0.6) is 5.75 Å². The van der Waals surface area contributed by atoms with Crippen LogP contribution in [0.15, 0.2) is 42.6 Å². The van der Waals surface area contributed by atoms with Gasteiger partial charge in [-0.3, -0.25) is 4.79 Å². The number of hydrogen-bond donors (Lipinski definition) is 4. The highest BCUT2D eigenvalue weighted by Crippen LogP contribution is 2.29. The molecule has 0 spiro atoms. The molecule has 3 aromatic rings. The molecule has 4 rings (SSSR count). The smallest absolute Gasteiger partial charge is 0.319 e. The van der Waals surface area contributed by atoms with Gasteiger partial charge < -0.3 is 25.7 Å². The van der Waals surface area contributed by atoms with E-state index in [1.54, 1.807) is 6.07 Å². The van der Waals surface area contributed by atoms with Crippen LogP contribution in [-0.4, -0.2) is 30.1 Å². The van der Waals surface area contributed by atoms with Gasteiger partial charge in [-0.1, -0.05) is 6.07 Å². The Morgan fingerprint density at radius 3 is 2.97 bits per heavy atom. The molecule has 0 saturated heterocycles. The topological polar surface area (TPSA) is 95.2 Å². The van der Waals surface area contributed by atoms with Crippen molar-refractivity contribution in [3.8, 4) is 5.75 Å². The minimum absolute atomic E-state index is 0.0285. The number of carbonyl (C=O) groups is 2. The molecule has 1 aliphatic heterocycles. The van der Waals surface area contributed by atoms with Crippen LogP contribution in [0.3, 0.4) is 0 Å². The van der Waals surface area contributed by atoms with Crippen molar-refractivity contribution in [1.29, 1.82) is 0 Å². The number of carbonyl (C=O) groups excluding carboxylic acids is 2. The molecule has 0 fully saturated rings. The van der Waals surface area contributed by atoms with Gasteiger partial charge in [0.1, 0.15) is 5.75 Å². The maximum atomic E-state index is 12.3. The summed E-state index contributed by atoms with van der Waals surface area (Å²) in [5, 5.41) is 9.66. The SMILES string of the molecule is CCOc1cccc2[nH]cc(CCNC(=O)Nc3ccc4c(c3)CCC(=O)N4)c12. The number of fused-ring (bicyclic) bond motifs is 2. The zero-order chi connectivity index (χ0) is 20.2. The molecule has 0 bridgehead atoms. The third-order valence-electron chi connectivity index (χ3n) is 4.99. The monoisotopic (exact) mass is 392 g/mol. The summed E-state index contributed by atoms with van der Waals surface area (Å²) in [6.45, 7) is 3.07. The summed E-state index contributed by atoms with van der Waals surface area (Å²) in [5.41, 5.74) is 4.69. The molecule has 0 unspecified atom stereocenters. The minimum Gasteiger partial charge on any atom is -0.493 e. The molecule has 1 aliphatic rings. The Labute approximate surface area is 168 Å². The zero-order valence-electron chi connectivity index (χ0n) is 16.3. The van der Waals surface area contributed by atoms with E-state index < -0.39 is 0 Å². The van der Waals surface area contributed by atoms with Crippen molar-refractivity contribution in [1.82, 2.24) is 10.3 Å². The molecule has 4 N–H and O–H groups in total. The van der Waals surface area contributed by atoms with E-state index >= 15 is 0 Å². The van der Waals surface area contributed by atoms with E-state index in [-0.39, 0.29) is 11.9 Å². The van der Waals surface area contributed by atoms with E-state index in [9.17, 15) is 9.59 Å². The first-order valence-electron chi connectivity index (χ1n) is 9.83. The highest BCUT2D eigenvalue weighted by molar-refractivity contribution is 5.95. The van der Waals surface area contributed by atoms with Crippen LogP contribution >= 0.6 is 0 Å². The average Bonchev–Trinajstić information content (AvgIpc) is 3.12. The molecule has 0 radical (unpaired) electrons. The van der Waals surface area contributed by atoms with Crippen LogP contribution in [0.25, 0.3) is 10.9 Å². The lowest BCUT2D eigenvalue weighted by atomic mass is 10.0. The van der Waals surface area contributed by atoms with Crippen molar-refractivity contribution in [2.75, 3.05) is 23.8 Å². The zero-order valence-corrected chi connectivity index (χ0v) is 16.3. The summed E-state index contributed by atoms with van der Waals surface area (Å²) in [6.07, 6.45) is 3.80. The predicted octanol–water partition coefficient (Wildman–Crippen LogP) is 3.82. The lowest BCUT2D eigenvalue weighted by Gasteiger charge is -2.17. The molecule has 7 heteroatoms. The number of aromatic amines is 1. The standard InChI is InChI=1S/C22H24N4O3/c1-2-29-19-5-3-4-18-21(19)15(13-24-18)10-11-23-22(28)25-16-7-8-17-14(12-16)6-9-20(27)26-17/h3-5,7-8,12-13,24H,2,6,9-11H2,1H3,(H,26,27)(H2,23,25,28). The van der Waals surface area contributed by atoms with Gasteiger partial charge in [0, 0.05) is 41.4 Å². The number of amides is 3. The van der Waals surface area contributed by atoms with E-state index in [1.807, 2.05) is 43.5 Å². The van der Waals surface area contributed by atoms with Crippen molar-refractivity contribution >= 4 is 34.2 Å². The molecule has 7 nitrogen and oxygen atoms in total. The van der Waals surface area contributed by atoms with E-state index in [0.29, 0.717) is 38.1 Å². The Hall–Kier alpha value is -3.48. The number of hydrogen-bond acceptors (Lipinski definition) is 3. The second kappa shape index (κ2) is 8.26. The fourth-order valence-electron chi connectivity index (χ4n) is 3.64. The first-order chi connectivity index (χ1) is 14.1. The number of benzene rings is 2. The summed E-state index contributed by atoms with van der Waals surface area (Å²) >= 11 is 0. The van der Waals surface area contributed by atoms with Crippen LogP contribution in [0.1, 0.15) is 24.5 Å². The molecule has 0 saturated carbocycles. The summed E-state index contributed by atoms with van der Waals surface area (Å²) < 4.78 is 5.73. The van der Waals surface area contributed by atoms with E-state index in [2.05, 4.69) is 20.9 Å². The second-order valence-corrected chi connectivity index (χ2v) is 6.98. The van der Waals surface area contributed by atoms with Crippen molar-refractivity contribution < 1.29 is 14.3 Å². The Morgan fingerprint density at radius 1 is 1.21 bits per heavy atom. The van der Waals surface area contributed by atoms with Gasteiger partial charge >= 0.3 is 6.03 Å². The number of nitrogens with one attached hydrogen (secondary N) is 4. The summed E-state index contributed by atoms with van der Waals surface area (Å²) in [5.74, 6) is 0.882. The fraction of sp³-hybridized carbons (Fsp3) is 0.273. The van der Waals surface area contributed by atoms with Crippen molar-refractivity contribution in [3.05, 3.63) is 53.7 Å². The van der Waals surface area contributed by atoms with E-state index in [4.69, 9.17) is 4.74 Å². The first kappa shape index (κ1) is 18.9. The van der Waals surface area contributed by atoms with E-state index in [1.165, 1.54) is 0 Å². The molecule has 0 atom stereocenters. The molecule has 0 aliphatic carbocycles. The molecule has 2 heterocycles. The van der Waals surface area contributed by atoms with Crippen LogP contribution in [0, 0.1) is 0 Å². The van der Waals surface area contributed by atoms with Crippen molar-refractivity contribution in [2.24, 2.45) is 0 Å². The predicted molar refractivity (Wildman–Crippen MR) is 114 cm³/mol. The second-order valence-electron chi connectivity index (χ2n) is 6.98. The third-order valence-corrected chi connectivity index (χ3v) is 4.99. The Bertz CT molecular complexity index is 1060. The van der Waals surface area contributed by atoms with Crippen LogP contribution in [0.2, 0.25) is 0 Å². The maximum absolute atomic E-state index is 12.3.